The molecule has 1 atom stereocenters. The van der Waals surface area contributed by atoms with Gasteiger partial charge in [-0.15, -0.1) is 11.8 Å². The van der Waals surface area contributed by atoms with Gasteiger partial charge in [-0.1, -0.05) is 119 Å². The smallest absolute Gasteiger partial charge is 0.175 e. The number of hydrogen-bond acceptors (Lipinski definition) is 5. The molecule has 5 nitrogen and oxygen atoms in total. The molecule has 1 unspecified atom stereocenters. The quantitative estimate of drug-likeness (QED) is 0.134. The van der Waals surface area contributed by atoms with Crippen LogP contribution in [0.4, 0.5) is 5.69 Å². The Bertz CT molecular complexity index is 1380. The van der Waals surface area contributed by atoms with E-state index >= 15 is 0 Å². The molecule has 0 aromatic carbocycles. The highest BCUT2D eigenvalue weighted by atomic mass is 35.5. The molecule has 0 N–H and O–H groups in total. The fourth-order valence-electron chi connectivity index (χ4n) is 4.50. The van der Waals surface area contributed by atoms with Crippen LogP contribution in [0, 0.1) is 5.92 Å². The van der Waals surface area contributed by atoms with E-state index in [1.54, 1.807) is 48.0 Å². The van der Waals surface area contributed by atoms with E-state index in [0.29, 0.717) is 22.3 Å². The summed E-state index contributed by atoms with van der Waals surface area (Å²) in [5.41, 5.74) is 5.04. The molecular weight excluding hydrogens is 558 g/mol. The minimum absolute atomic E-state index is 0.0358. The fraction of sp³-hybridized carbons (Fsp3) is 0.229. The second kappa shape index (κ2) is 17.2. The van der Waals surface area contributed by atoms with Crippen LogP contribution in [0.5, 0.6) is 0 Å². The lowest BCUT2D eigenvalue weighted by atomic mass is 9.78. The molecule has 0 radical (unpaired) electrons. The molecule has 220 valence electrons. The van der Waals surface area contributed by atoms with E-state index in [9.17, 15) is 0 Å². The molecule has 7 heteroatoms. The van der Waals surface area contributed by atoms with Crippen LogP contribution in [0.3, 0.4) is 0 Å². The monoisotopic (exact) mass is 599 g/mol. The van der Waals surface area contributed by atoms with Gasteiger partial charge in [-0.2, -0.15) is 5.10 Å². The summed E-state index contributed by atoms with van der Waals surface area (Å²) in [5, 5.41) is 4.83. The Kier molecular flexibility index (Phi) is 14.0. The van der Waals surface area contributed by atoms with Crippen molar-refractivity contribution < 1.29 is 0 Å². The Balaban J connectivity index is 2.54. The summed E-state index contributed by atoms with van der Waals surface area (Å²) in [6.07, 6.45) is 26.1. The van der Waals surface area contributed by atoms with Gasteiger partial charge in [-0.3, -0.25) is 9.98 Å². The van der Waals surface area contributed by atoms with Gasteiger partial charge in [0.15, 0.2) is 5.15 Å². The van der Waals surface area contributed by atoms with E-state index in [0.717, 1.165) is 29.0 Å². The van der Waals surface area contributed by atoms with Crippen molar-refractivity contribution in [2.24, 2.45) is 10.9 Å². The van der Waals surface area contributed by atoms with Crippen molar-refractivity contribution in [3.63, 3.8) is 0 Å². The zero-order chi connectivity index (χ0) is 31.1. The van der Waals surface area contributed by atoms with Gasteiger partial charge in [0, 0.05) is 26.0 Å². The van der Waals surface area contributed by atoms with Gasteiger partial charge in [-0.25, -0.2) is 4.68 Å². The number of allylic oxidation sites excluding steroid dienone is 11. The molecule has 0 fully saturated rings. The lowest BCUT2D eigenvalue weighted by molar-refractivity contribution is 0.621. The molecule has 2 aromatic rings. The van der Waals surface area contributed by atoms with Crippen LogP contribution >= 0.6 is 23.4 Å². The number of pyridine rings is 1. The maximum absolute atomic E-state index is 6.58. The number of hydrogen-bond donors (Lipinski definition) is 0. The van der Waals surface area contributed by atoms with Crippen molar-refractivity contribution >= 4 is 34.8 Å². The van der Waals surface area contributed by atoms with E-state index in [2.05, 4.69) is 86.1 Å². The van der Waals surface area contributed by atoms with Crippen molar-refractivity contribution in [1.29, 1.82) is 0 Å². The number of aromatic nitrogens is 3. The summed E-state index contributed by atoms with van der Waals surface area (Å²) in [5.74, 6) is 0.579. The largest absolute Gasteiger partial charge is 0.340 e. The molecule has 0 aliphatic heterocycles. The molecule has 0 saturated carbocycles. The predicted molar refractivity (Wildman–Crippen MR) is 187 cm³/mol. The van der Waals surface area contributed by atoms with Gasteiger partial charge in [0.05, 0.1) is 39.9 Å². The number of anilines is 1. The molecule has 0 saturated heterocycles. The summed E-state index contributed by atoms with van der Waals surface area (Å²) in [6.45, 7) is 25.0. The maximum Gasteiger partial charge on any atom is 0.175 e. The summed E-state index contributed by atoms with van der Waals surface area (Å²) in [4.78, 5) is 10.7. The third-order valence-electron chi connectivity index (χ3n) is 6.78. The zero-order valence-electron chi connectivity index (χ0n) is 25.2. The Hall–Kier alpha value is -3.87. The van der Waals surface area contributed by atoms with E-state index in [1.165, 1.54) is 0 Å². The van der Waals surface area contributed by atoms with Crippen molar-refractivity contribution in [3.05, 3.63) is 146 Å². The Morgan fingerprint density at radius 3 is 2.36 bits per heavy atom. The normalized spacial score (nSPS) is 14.9. The van der Waals surface area contributed by atoms with Gasteiger partial charge < -0.3 is 4.90 Å². The first-order valence-electron chi connectivity index (χ1n) is 13.7. The maximum atomic E-state index is 6.58. The van der Waals surface area contributed by atoms with Crippen molar-refractivity contribution in [1.82, 2.24) is 14.8 Å². The van der Waals surface area contributed by atoms with Crippen LogP contribution in [0.1, 0.15) is 20.3 Å². The molecule has 2 rings (SSSR count). The molecular formula is C35H42ClN5S. The first-order valence-corrected chi connectivity index (χ1v) is 15.0. The average Bonchev–Trinajstić information content (AvgIpc) is 3.40. The molecule has 42 heavy (non-hydrogen) atoms. The summed E-state index contributed by atoms with van der Waals surface area (Å²) >= 11 is 8.32. The standard InChI is InChI=1S/C35H42ClN5S/c1-10-15-16-17-21-27(6)35(29(13-4)19-11-2,30(14-5)20-12-3)42-26-32(37-8)28(7)40(9)33-25-41(39-34(33)36)31-22-18-23-38-24-31/h11-25,27H,2-5,7,10,26H2,1,6,8-9H3/b16-15-,21-17-,29-19+,30-20+,37-32?. The first-order chi connectivity index (χ1) is 20.2. The van der Waals surface area contributed by atoms with E-state index in [-0.39, 0.29) is 5.92 Å². The molecule has 2 aromatic heterocycles. The third kappa shape index (κ3) is 8.11. The highest BCUT2D eigenvalue weighted by Crippen LogP contribution is 2.48. The summed E-state index contributed by atoms with van der Waals surface area (Å²) in [6, 6.07) is 3.77. The van der Waals surface area contributed by atoms with E-state index < -0.39 is 4.75 Å². The Morgan fingerprint density at radius 2 is 1.83 bits per heavy atom. The van der Waals surface area contributed by atoms with Crippen molar-refractivity contribution in [3.8, 4) is 5.69 Å². The number of nitrogens with zero attached hydrogens (tertiary/aromatic N) is 5. The SMILES string of the molecule is C=C/C=C(\C=C)C(SCC(=NC)C(=C)N(C)c1cn(-c2cccnc2)nc1Cl)(/C(C=C)=C/C=C)C(C)/C=C\C=C/CC. The van der Waals surface area contributed by atoms with Crippen LogP contribution in [-0.2, 0) is 0 Å². The van der Waals surface area contributed by atoms with Crippen LogP contribution < -0.4 is 4.90 Å². The van der Waals surface area contributed by atoms with Gasteiger partial charge in [0.25, 0.3) is 0 Å². The zero-order valence-corrected chi connectivity index (χ0v) is 26.8. The van der Waals surface area contributed by atoms with Crippen molar-refractivity contribution in [2.45, 2.75) is 25.0 Å². The first kappa shape index (κ1) is 34.3. The third-order valence-corrected chi connectivity index (χ3v) is 8.77. The topological polar surface area (TPSA) is 46.3 Å². The molecule has 0 aliphatic carbocycles. The second-order valence-electron chi connectivity index (χ2n) is 9.29. The number of thioether (sulfide) groups is 1. The minimum Gasteiger partial charge on any atom is -0.340 e. The Morgan fingerprint density at radius 1 is 1.17 bits per heavy atom. The summed E-state index contributed by atoms with van der Waals surface area (Å²) < 4.78 is 1.13. The molecule has 2 heterocycles. The lowest BCUT2D eigenvalue weighted by Gasteiger charge is -2.40. The van der Waals surface area contributed by atoms with Gasteiger partial charge >= 0.3 is 0 Å². The highest BCUT2D eigenvalue weighted by molar-refractivity contribution is 8.01. The minimum atomic E-state index is -0.569. The van der Waals surface area contributed by atoms with Crippen LogP contribution in [-0.4, -0.2) is 45.1 Å². The van der Waals surface area contributed by atoms with Gasteiger partial charge in [0.1, 0.15) is 0 Å². The van der Waals surface area contributed by atoms with Crippen LogP contribution in [0.25, 0.3) is 5.69 Å². The van der Waals surface area contributed by atoms with E-state index in [4.69, 9.17) is 11.6 Å². The second-order valence-corrected chi connectivity index (χ2v) is 10.9. The van der Waals surface area contributed by atoms with Gasteiger partial charge in [-0.05, 0) is 35.6 Å². The average molecular weight is 600 g/mol. The lowest BCUT2D eigenvalue weighted by Crippen LogP contribution is -2.37. The highest BCUT2D eigenvalue weighted by Gasteiger charge is 2.41. The molecule has 0 spiro atoms. The molecule has 0 amide bonds. The number of aliphatic imine (C=N–C) groups is 1. The van der Waals surface area contributed by atoms with Crippen LogP contribution in [0.2, 0.25) is 5.15 Å². The molecule has 0 aliphatic rings. The van der Waals surface area contributed by atoms with Crippen LogP contribution in [0.15, 0.2) is 146 Å². The number of halogens is 1. The summed E-state index contributed by atoms with van der Waals surface area (Å²) in [7, 11) is 3.69. The molecule has 0 bridgehead atoms. The van der Waals surface area contributed by atoms with Crippen molar-refractivity contribution in [2.75, 3.05) is 24.7 Å². The fourth-order valence-corrected chi connectivity index (χ4v) is 6.40. The predicted octanol–water partition coefficient (Wildman–Crippen LogP) is 9.17. The number of rotatable bonds is 17. The van der Waals surface area contributed by atoms with E-state index in [1.807, 2.05) is 54.6 Å². The van der Waals surface area contributed by atoms with Gasteiger partial charge in [0.2, 0.25) is 0 Å². The Labute approximate surface area is 261 Å².